The third kappa shape index (κ3) is 4.08. The molecule has 1 N–H and O–H groups in total. The second kappa shape index (κ2) is 6.90. The van der Waals surface area contributed by atoms with Gasteiger partial charge in [-0.25, -0.2) is 0 Å². The summed E-state index contributed by atoms with van der Waals surface area (Å²) in [4.78, 5) is 13.4. The van der Waals surface area contributed by atoms with E-state index in [1.54, 1.807) is 0 Å². The van der Waals surface area contributed by atoms with Crippen molar-refractivity contribution in [3.63, 3.8) is 0 Å². The lowest BCUT2D eigenvalue weighted by Gasteiger charge is -2.21. The molecule has 110 valence electrons. The van der Waals surface area contributed by atoms with E-state index in [0.717, 1.165) is 12.1 Å². The number of carbonyl (C=O) groups is 1. The van der Waals surface area contributed by atoms with E-state index in [2.05, 4.69) is 22.5 Å². The van der Waals surface area contributed by atoms with Gasteiger partial charge in [-0.15, -0.1) is 6.58 Å². The van der Waals surface area contributed by atoms with Gasteiger partial charge in [-0.05, 0) is 34.1 Å². The van der Waals surface area contributed by atoms with Gasteiger partial charge in [0, 0.05) is 17.6 Å². The maximum atomic E-state index is 12.7. The Labute approximate surface area is 122 Å². The SMILES string of the molecule is C=CCN(CCO)C(=O)c1cc(C(F)(F)F)ccc1Br. The highest BCUT2D eigenvalue weighted by Crippen LogP contribution is 2.32. The lowest BCUT2D eigenvalue weighted by atomic mass is 10.1. The van der Waals surface area contributed by atoms with Crippen LogP contribution in [0.1, 0.15) is 15.9 Å². The van der Waals surface area contributed by atoms with Gasteiger partial charge in [0.15, 0.2) is 0 Å². The first-order chi connectivity index (χ1) is 9.31. The van der Waals surface area contributed by atoms with Crippen LogP contribution < -0.4 is 0 Å². The van der Waals surface area contributed by atoms with Crippen LogP contribution in [0.15, 0.2) is 35.3 Å². The summed E-state index contributed by atoms with van der Waals surface area (Å²) in [5.74, 6) is -0.600. The van der Waals surface area contributed by atoms with Crippen LogP contribution in [0.5, 0.6) is 0 Å². The number of alkyl halides is 3. The molecule has 0 unspecified atom stereocenters. The summed E-state index contributed by atoms with van der Waals surface area (Å²) >= 11 is 3.07. The molecule has 0 heterocycles. The van der Waals surface area contributed by atoms with Crippen molar-refractivity contribution in [3.8, 4) is 0 Å². The summed E-state index contributed by atoms with van der Waals surface area (Å²) in [6, 6.07) is 2.87. The monoisotopic (exact) mass is 351 g/mol. The molecular weight excluding hydrogens is 339 g/mol. The maximum Gasteiger partial charge on any atom is 0.416 e. The number of aliphatic hydroxyl groups is 1. The Hall–Kier alpha value is -1.34. The molecule has 0 bridgehead atoms. The fourth-order valence-electron chi connectivity index (χ4n) is 1.59. The van der Waals surface area contributed by atoms with E-state index in [9.17, 15) is 18.0 Å². The van der Waals surface area contributed by atoms with Crippen molar-refractivity contribution in [3.05, 3.63) is 46.5 Å². The molecule has 0 aliphatic carbocycles. The molecular formula is C13H13BrF3NO2. The minimum atomic E-state index is -4.52. The zero-order valence-corrected chi connectivity index (χ0v) is 12.0. The summed E-state index contributed by atoms with van der Waals surface area (Å²) in [5, 5.41) is 8.89. The summed E-state index contributed by atoms with van der Waals surface area (Å²) in [6.07, 6.45) is -3.08. The first-order valence-corrected chi connectivity index (χ1v) is 6.48. The fraction of sp³-hybridized carbons (Fsp3) is 0.308. The minimum Gasteiger partial charge on any atom is -0.395 e. The maximum absolute atomic E-state index is 12.7. The van der Waals surface area contributed by atoms with Gasteiger partial charge in [0.05, 0.1) is 17.7 Å². The van der Waals surface area contributed by atoms with Crippen LogP contribution in [0.25, 0.3) is 0 Å². The number of amides is 1. The van der Waals surface area contributed by atoms with E-state index in [1.165, 1.54) is 17.0 Å². The second-order valence-corrected chi connectivity index (χ2v) is 4.81. The molecule has 7 heteroatoms. The number of benzene rings is 1. The highest BCUT2D eigenvalue weighted by molar-refractivity contribution is 9.10. The zero-order chi connectivity index (χ0) is 15.3. The predicted octanol–water partition coefficient (Wildman–Crippen LogP) is 3.09. The summed E-state index contributed by atoms with van der Waals surface area (Å²) in [5.41, 5.74) is -0.998. The van der Waals surface area contributed by atoms with Crippen LogP contribution in [0, 0.1) is 0 Å². The number of aliphatic hydroxyl groups excluding tert-OH is 1. The van der Waals surface area contributed by atoms with Gasteiger partial charge >= 0.3 is 6.18 Å². The average Bonchev–Trinajstić information content (AvgIpc) is 2.37. The van der Waals surface area contributed by atoms with E-state index in [-0.39, 0.29) is 29.7 Å². The highest BCUT2D eigenvalue weighted by Gasteiger charge is 2.32. The van der Waals surface area contributed by atoms with Gasteiger partial charge in [-0.1, -0.05) is 6.08 Å². The number of rotatable bonds is 5. The first kappa shape index (κ1) is 16.7. The Morgan fingerprint density at radius 2 is 2.10 bits per heavy atom. The van der Waals surface area contributed by atoms with E-state index in [0.29, 0.717) is 0 Å². The molecule has 0 fully saturated rings. The number of nitrogens with zero attached hydrogens (tertiary/aromatic N) is 1. The lowest BCUT2D eigenvalue weighted by molar-refractivity contribution is -0.137. The molecule has 0 spiro atoms. The number of halogens is 4. The molecule has 20 heavy (non-hydrogen) atoms. The predicted molar refractivity (Wildman–Crippen MR) is 72.3 cm³/mol. The van der Waals surface area contributed by atoms with Crippen molar-refractivity contribution in [1.29, 1.82) is 0 Å². The summed E-state index contributed by atoms with van der Waals surface area (Å²) in [6.45, 7) is 3.35. The molecule has 0 aliphatic rings. The van der Waals surface area contributed by atoms with Crippen LogP contribution in [0.4, 0.5) is 13.2 Å². The quantitative estimate of drug-likeness (QED) is 0.828. The molecule has 1 rings (SSSR count). The van der Waals surface area contributed by atoms with Crippen molar-refractivity contribution in [2.24, 2.45) is 0 Å². The van der Waals surface area contributed by atoms with Gasteiger partial charge < -0.3 is 10.0 Å². The Morgan fingerprint density at radius 3 is 2.60 bits per heavy atom. The molecule has 0 radical (unpaired) electrons. The van der Waals surface area contributed by atoms with Crippen LogP contribution in [0.2, 0.25) is 0 Å². The topological polar surface area (TPSA) is 40.5 Å². The van der Waals surface area contributed by atoms with Crippen molar-refractivity contribution in [2.45, 2.75) is 6.18 Å². The molecule has 1 aromatic carbocycles. The van der Waals surface area contributed by atoms with E-state index >= 15 is 0 Å². The van der Waals surface area contributed by atoms with Gasteiger partial charge in [0.25, 0.3) is 5.91 Å². The molecule has 1 aromatic rings. The molecule has 0 saturated heterocycles. The van der Waals surface area contributed by atoms with Gasteiger partial charge in [0.2, 0.25) is 0 Å². The molecule has 0 aromatic heterocycles. The standard InChI is InChI=1S/C13H13BrF3NO2/c1-2-5-18(6-7-19)12(20)10-8-9(13(15,16)17)3-4-11(10)14/h2-4,8,19H,1,5-7H2. The Balaban J connectivity index is 3.16. The smallest absolute Gasteiger partial charge is 0.395 e. The second-order valence-electron chi connectivity index (χ2n) is 3.96. The fourth-order valence-corrected chi connectivity index (χ4v) is 2.00. The van der Waals surface area contributed by atoms with Gasteiger partial charge in [0.1, 0.15) is 0 Å². The normalized spacial score (nSPS) is 11.2. The van der Waals surface area contributed by atoms with Crippen LogP contribution in [-0.2, 0) is 6.18 Å². The molecule has 3 nitrogen and oxygen atoms in total. The number of hydrogen-bond acceptors (Lipinski definition) is 2. The summed E-state index contributed by atoms with van der Waals surface area (Å²) < 4.78 is 38.3. The Morgan fingerprint density at radius 1 is 1.45 bits per heavy atom. The van der Waals surface area contributed by atoms with E-state index in [4.69, 9.17) is 5.11 Å². The minimum absolute atomic E-state index is 0.0214. The first-order valence-electron chi connectivity index (χ1n) is 5.69. The van der Waals surface area contributed by atoms with Crippen molar-refractivity contribution in [2.75, 3.05) is 19.7 Å². The Kier molecular flexibility index (Phi) is 5.76. The van der Waals surface area contributed by atoms with Crippen LogP contribution in [-0.4, -0.2) is 35.6 Å². The number of carbonyl (C=O) groups excluding carboxylic acids is 1. The van der Waals surface area contributed by atoms with E-state index < -0.39 is 17.6 Å². The highest BCUT2D eigenvalue weighted by atomic mass is 79.9. The van der Waals surface area contributed by atoms with E-state index in [1.807, 2.05) is 0 Å². The van der Waals surface area contributed by atoms with Crippen LogP contribution in [0.3, 0.4) is 0 Å². The summed E-state index contributed by atoms with van der Waals surface area (Å²) in [7, 11) is 0. The molecule has 0 atom stereocenters. The lowest BCUT2D eigenvalue weighted by Crippen LogP contribution is -2.34. The van der Waals surface area contributed by atoms with Crippen molar-refractivity contribution >= 4 is 21.8 Å². The van der Waals surface area contributed by atoms with Crippen molar-refractivity contribution in [1.82, 2.24) is 4.90 Å². The molecule has 0 saturated carbocycles. The third-order valence-electron chi connectivity index (χ3n) is 2.53. The van der Waals surface area contributed by atoms with Crippen molar-refractivity contribution < 1.29 is 23.1 Å². The molecule has 0 aliphatic heterocycles. The average molecular weight is 352 g/mol. The third-order valence-corrected chi connectivity index (χ3v) is 3.22. The van der Waals surface area contributed by atoms with Crippen LogP contribution >= 0.6 is 15.9 Å². The zero-order valence-electron chi connectivity index (χ0n) is 10.5. The van der Waals surface area contributed by atoms with Gasteiger partial charge in [-0.2, -0.15) is 13.2 Å². The molecule has 1 amide bonds. The Bertz CT molecular complexity index is 503. The largest absolute Gasteiger partial charge is 0.416 e. The van der Waals surface area contributed by atoms with Gasteiger partial charge in [-0.3, -0.25) is 4.79 Å². The number of hydrogen-bond donors (Lipinski definition) is 1.